The average Bonchev–Trinajstić information content (AvgIpc) is 3.22. The molecule has 138 valence electrons. The minimum atomic E-state index is -0.812. The van der Waals surface area contributed by atoms with E-state index in [1.54, 1.807) is 22.7 Å². The fourth-order valence-corrected chi connectivity index (χ4v) is 6.63. The third-order valence-electron chi connectivity index (χ3n) is 6.75. The maximum Gasteiger partial charge on any atom is 0.116 e. The van der Waals surface area contributed by atoms with Gasteiger partial charge >= 0.3 is 0 Å². The summed E-state index contributed by atoms with van der Waals surface area (Å²) in [4.78, 5) is 0. The van der Waals surface area contributed by atoms with Gasteiger partial charge in [0.1, 0.15) is 5.60 Å². The van der Waals surface area contributed by atoms with Crippen LogP contribution in [0.15, 0.2) is 33.7 Å². The van der Waals surface area contributed by atoms with E-state index < -0.39 is 5.60 Å². The molecule has 0 aliphatic carbocycles. The molecule has 1 N–H and O–H groups in total. The zero-order valence-electron chi connectivity index (χ0n) is 15.0. The van der Waals surface area contributed by atoms with Crippen LogP contribution in [0.4, 0.5) is 0 Å². The molecular weight excluding hydrogens is 414 g/mol. The quantitative estimate of drug-likeness (QED) is 0.717. The van der Waals surface area contributed by atoms with E-state index in [9.17, 15) is 5.11 Å². The van der Waals surface area contributed by atoms with Gasteiger partial charge in [0, 0.05) is 12.8 Å². The Kier molecular flexibility index (Phi) is 5.81. The molecule has 2 aliphatic rings. The highest BCUT2D eigenvalue weighted by Crippen LogP contribution is 2.46. The fraction of sp³-hybridized carbons (Fsp3) is 0.600. The van der Waals surface area contributed by atoms with Crippen molar-refractivity contribution in [1.29, 1.82) is 0 Å². The van der Waals surface area contributed by atoms with Gasteiger partial charge < -0.3 is 26.6 Å². The molecule has 0 amide bonds. The van der Waals surface area contributed by atoms with Crippen molar-refractivity contribution in [2.24, 2.45) is 5.92 Å². The Bertz CT molecular complexity index is 618. The van der Waals surface area contributed by atoms with Crippen molar-refractivity contribution in [2.45, 2.75) is 56.2 Å². The molecule has 2 bridgehead atoms. The van der Waals surface area contributed by atoms with Crippen LogP contribution in [0.5, 0.6) is 0 Å². The van der Waals surface area contributed by atoms with E-state index in [1.807, 2.05) is 0 Å². The van der Waals surface area contributed by atoms with Crippen molar-refractivity contribution in [2.75, 3.05) is 14.1 Å². The Hall–Kier alpha value is -0.200. The van der Waals surface area contributed by atoms with Gasteiger partial charge in [-0.1, -0.05) is 0 Å². The first-order chi connectivity index (χ1) is 11.5. The van der Waals surface area contributed by atoms with Gasteiger partial charge in [0.2, 0.25) is 0 Å². The van der Waals surface area contributed by atoms with Crippen molar-refractivity contribution in [3.05, 3.63) is 44.8 Å². The molecule has 25 heavy (non-hydrogen) atoms. The van der Waals surface area contributed by atoms with Gasteiger partial charge in [-0.25, -0.2) is 0 Å². The third kappa shape index (κ3) is 3.51. The number of quaternary nitrogens is 1. The number of hydrogen-bond donors (Lipinski definition) is 1. The van der Waals surface area contributed by atoms with Gasteiger partial charge in [0.25, 0.3) is 0 Å². The van der Waals surface area contributed by atoms with Gasteiger partial charge in [-0.05, 0) is 76.4 Å². The van der Waals surface area contributed by atoms with Crippen LogP contribution >= 0.6 is 22.7 Å². The number of hydrogen-bond acceptors (Lipinski definition) is 3. The van der Waals surface area contributed by atoms with Crippen molar-refractivity contribution in [1.82, 2.24) is 0 Å². The molecule has 3 atom stereocenters. The van der Waals surface area contributed by atoms with Gasteiger partial charge in [0.05, 0.1) is 26.2 Å². The van der Waals surface area contributed by atoms with E-state index in [1.165, 1.54) is 36.6 Å². The van der Waals surface area contributed by atoms with Crippen LogP contribution in [-0.4, -0.2) is 35.8 Å². The van der Waals surface area contributed by atoms with E-state index in [0.29, 0.717) is 5.92 Å². The molecule has 0 radical (unpaired) electrons. The van der Waals surface area contributed by atoms with Crippen LogP contribution in [0.1, 0.15) is 49.7 Å². The van der Waals surface area contributed by atoms with E-state index >= 15 is 0 Å². The topological polar surface area (TPSA) is 20.2 Å². The molecule has 4 rings (SSSR count). The predicted molar refractivity (Wildman–Crippen MR) is 103 cm³/mol. The molecule has 0 aromatic carbocycles. The van der Waals surface area contributed by atoms with Gasteiger partial charge in [-0.3, -0.25) is 0 Å². The molecule has 2 nitrogen and oxygen atoms in total. The van der Waals surface area contributed by atoms with Crippen LogP contribution in [0.3, 0.4) is 0 Å². The summed E-state index contributed by atoms with van der Waals surface area (Å²) in [7, 11) is 4.85. The largest absolute Gasteiger partial charge is 1.00 e. The summed E-state index contributed by atoms with van der Waals surface area (Å²) in [5.41, 5.74) is 1.35. The molecule has 0 saturated carbocycles. The lowest BCUT2D eigenvalue weighted by Gasteiger charge is -2.54. The maximum atomic E-state index is 11.7. The van der Waals surface area contributed by atoms with Crippen LogP contribution in [-0.2, 0) is 5.60 Å². The zero-order valence-corrected chi connectivity index (χ0v) is 18.2. The first-order valence-corrected chi connectivity index (χ1v) is 11.0. The maximum absolute atomic E-state index is 11.7. The molecule has 4 heterocycles. The van der Waals surface area contributed by atoms with Crippen LogP contribution in [0, 0.1) is 5.92 Å². The summed E-state index contributed by atoms with van der Waals surface area (Å²) in [6.07, 6.45) is 7.50. The Morgan fingerprint density at radius 1 is 1.04 bits per heavy atom. The average molecular weight is 442 g/mol. The molecule has 0 spiro atoms. The summed E-state index contributed by atoms with van der Waals surface area (Å²) < 4.78 is 1.20. The smallest absolute Gasteiger partial charge is 0.116 e. The van der Waals surface area contributed by atoms with Crippen molar-refractivity contribution >= 4 is 22.7 Å². The molecule has 2 saturated heterocycles. The third-order valence-corrected chi connectivity index (χ3v) is 8.12. The monoisotopic (exact) mass is 441 g/mol. The lowest BCUT2D eigenvalue weighted by atomic mass is 9.71. The minimum absolute atomic E-state index is 0. The second kappa shape index (κ2) is 7.43. The zero-order chi connectivity index (χ0) is 16.8. The number of piperidine rings is 2. The number of aliphatic hydroxyl groups is 1. The van der Waals surface area contributed by atoms with Crippen LogP contribution in [0.25, 0.3) is 0 Å². The standard InChI is InChI=1S/C20H28NOS2.BrH/c1-21(2)18-4-3-5-19(21)11-15(10-18)12-20(22,16-6-8-23-13-16)17-7-9-24-14-17;/h6-9,13-15,18-19,22H,3-5,10-12H2,1-2H3;1H/q+1;/p-1/t15-,18+,19-;. The Morgan fingerprint density at radius 2 is 1.56 bits per heavy atom. The molecule has 5 heteroatoms. The Morgan fingerprint density at radius 3 is 2.00 bits per heavy atom. The summed E-state index contributed by atoms with van der Waals surface area (Å²) >= 11 is 3.37. The minimum Gasteiger partial charge on any atom is -1.00 e. The molecular formula is C20H28BrNOS2. The normalized spacial score (nSPS) is 28.4. The molecule has 2 aliphatic heterocycles. The highest BCUT2D eigenvalue weighted by atomic mass is 79.9. The van der Waals surface area contributed by atoms with Gasteiger partial charge in [-0.15, -0.1) is 0 Å². The number of rotatable bonds is 4. The predicted octanol–water partition coefficient (Wildman–Crippen LogP) is 1.85. The Labute approximate surface area is 169 Å². The van der Waals surface area contributed by atoms with Crippen LogP contribution < -0.4 is 17.0 Å². The molecule has 0 unspecified atom stereocenters. The lowest BCUT2D eigenvalue weighted by Crippen LogP contribution is -3.00. The fourth-order valence-electron chi connectivity index (χ4n) is 5.18. The summed E-state index contributed by atoms with van der Waals surface area (Å²) in [5.74, 6) is 0.622. The number of halogens is 1. The van der Waals surface area contributed by atoms with E-state index in [-0.39, 0.29) is 17.0 Å². The summed E-state index contributed by atoms with van der Waals surface area (Å²) in [6, 6.07) is 5.76. The van der Waals surface area contributed by atoms with Gasteiger partial charge in [-0.2, -0.15) is 22.7 Å². The highest BCUT2D eigenvalue weighted by molar-refractivity contribution is 7.08. The van der Waals surface area contributed by atoms with Crippen molar-refractivity contribution < 1.29 is 26.6 Å². The first kappa shape index (κ1) is 19.6. The van der Waals surface area contributed by atoms with Crippen molar-refractivity contribution in [3.8, 4) is 0 Å². The summed E-state index contributed by atoms with van der Waals surface area (Å²) in [6.45, 7) is 0. The first-order valence-electron chi connectivity index (χ1n) is 9.11. The number of thiophene rings is 2. The van der Waals surface area contributed by atoms with E-state index in [2.05, 4.69) is 47.7 Å². The van der Waals surface area contributed by atoms with Crippen molar-refractivity contribution in [3.63, 3.8) is 0 Å². The number of fused-ring (bicyclic) bond motifs is 2. The van der Waals surface area contributed by atoms with E-state index in [0.717, 1.165) is 29.6 Å². The Balaban J connectivity index is 0.00000182. The highest BCUT2D eigenvalue weighted by Gasteiger charge is 2.48. The number of nitrogens with zero attached hydrogens (tertiary/aromatic N) is 1. The summed E-state index contributed by atoms with van der Waals surface area (Å²) in [5, 5.41) is 20.1. The van der Waals surface area contributed by atoms with E-state index in [4.69, 9.17) is 0 Å². The van der Waals surface area contributed by atoms with Crippen LogP contribution in [0.2, 0.25) is 0 Å². The SMILES string of the molecule is C[N+]1(C)[C@@H]2CCC[C@H]1C[C@@H](CC(O)(c1ccsc1)c1ccsc1)C2.[Br-]. The second-order valence-corrected chi connectivity index (χ2v) is 9.85. The molecule has 2 fully saturated rings. The van der Waals surface area contributed by atoms with Gasteiger partial charge in [0.15, 0.2) is 0 Å². The second-order valence-electron chi connectivity index (χ2n) is 8.29. The molecule has 2 aromatic rings. The molecule has 2 aromatic heterocycles. The lowest BCUT2D eigenvalue weighted by molar-refractivity contribution is -0.950.